The highest BCUT2D eigenvalue weighted by Gasteiger charge is 2.33. The molecule has 0 aliphatic heterocycles. The van der Waals surface area contributed by atoms with Crippen LogP contribution in [-0.2, 0) is 12.8 Å². The van der Waals surface area contributed by atoms with Gasteiger partial charge in [-0.1, -0.05) is 19.9 Å². The Hall–Kier alpha value is -1.46. The fraction of sp³-hybridized carbons (Fsp3) is 0.500. The largest absolute Gasteiger partial charge is 0.481 e. The standard InChI is InChI=1S/C16H21N3OS/c1-16(2)7-11(17)15-12(8-16)19-14(21-15)6-10-4-5-13(20-3)18-9-10/h4-5,9,11H,6-8,17H2,1-3H3. The van der Waals surface area contributed by atoms with Gasteiger partial charge in [0.1, 0.15) is 0 Å². The summed E-state index contributed by atoms with van der Waals surface area (Å²) in [7, 11) is 1.63. The lowest BCUT2D eigenvalue weighted by Gasteiger charge is -2.32. The average molecular weight is 303 g/mol. The Labute approximate surface area is 129 Å². The van der Waals surface area contributed by atoms with Crippen molar-refractivity contribution in [2.24, 2.45) is 11.1 Å². The maximum absolute atomic E-state index is 6.31. The van der Waals surface area contributed by atoms with E-state index in [0.717, 1.165) is 29.8 Å². The van der Waals surface area contributed by atoms with Crippen molar-refractivity contribution in [1.29, 1.82) is 0 Å². The second-order valence-electron chi connectivity index (χ2n) is 6.46. The third-order valence-corrected chi connectivity index (χ3v) is 5.12. The summed E-state index contributed by atoms with van der Waals surface area (Å²) >= 11 is 1.75. The van der Waals surface area contributed by atoms with Crippen LogP contribution in [-0.4, -0.2) is 17.1 Å². The number of hydrogen-bond acceptors (Lipinski definition) is 5. The zero-order valence-electron chi connectivity index (χ0n) is 12.7. The highest BCUT2D eigenvalue weighted by Crippen LogP contribution is 2.42. The van der Waals surface area contributed by atoms with E-state index < -0.39 is 0 Å². The van der Waals surface area contributed by atoms with E-state index in [1.165, 1.54) is 10.6 Å². The third-order valence-electron chi connectivity index (χ3n) is 3.89. The number of nitrogens with zero attached hydrogens (tertiary/aromatic N) is 2. The van der Waals surface area contributed by atoms with Crippen molar-refractivity contribution in [1.82, 2.24) is 9.97 Å². The van der Waals surface area contributed by atoms with Gasteiger partial charge in [-0.2, -0.15) is 0 Å². The lowest BCUT2D eigenvalue weighted by Crippen LogP contribution is -2.28. The summed E-state index contributed by atoms with van der Waals surface area (Å²) in [5.74, 6) is 0.640. The van der Waals surface area contributed by atoms with Crippen LogP contribution in [0.3, 0.4) is 0 Å². The van der Waals surface area contributed by atoms with E-state index in [0.29, 0.717) is 5.88 Å². The van der Waals surface area contributed by atoms with E-state index >= 15 is 0 Å². The number of methoxy groups -OCH3 is 1. The van der Waals surface area contributed by atoms with Gasteiger partial charge in [0.2, 0.25) is 5.88 Å². The van der Waals surface area contributed by atoms with Gasteiger partial charge in [-0.3, -0.25) is 0 Å². The van der Waals surface area contributed by atoms with Crippen LogP contribution in [0.4, 0.5) is 0 Å². The smallest absolute Gasteiger partial charge is 0.212 e. The first-order chi connectivity index (χ1) is 9.97. The predicted molar refractivity (Wildman–Crippen MR) is 84.7 cm³/mol. The number of pyridine rings is 1. The fourth-order valence-corrected chi connectivity index (χ4v) is 4.05. The quantitative estimate of drug-likeness (QED) is 0.946. The molecule has 112 valence electrons. The molecule has 0 fully saturated rings. The molecular weight excluding hydrogens is 282 g/mol. The van der Waals surface area contributed by atoms with Crippen molar-refractivity contribution in [3.8, 4) is 5.88 Å². The molecule has 0 bridgehead atoms. The molecule has 1 aliphatic carbocycles. The van der Waals surface area contributed by atoms with Crippen LogP contribution in [0.25, 0.3) is 0 Å². The summed E-state index contributed by atoms with van der Waals surface area (Å²) in [5, 5.41) is 1.13. The van der Waals surface area contributed by atoms with Crippen LogP contribution < -0.4 is 10.5 Å². The first-order valence-corrected chi connectivity index (χ1v) is 8.01. The van der Waals surface area contributed by atoms with E-state index in [1.54, 1.807) is 18.4 Å². The van der Waals surface area contributed by atoms with Crippen molar-refractivity contribution >= 4 is 11.3 Å². The SMILES string of the molecule is COc1ccc(Cc2nc3c(s2)C(N)CC(C)(C)C3)cn1. The van der Waals surface area contributed by atoms with E-state index in [4.69, 9.17) is 15.5 Å². The van der Waals surface area contributed by atoms with Crippen molar-refractivity contribution < 1.29 is 4.74 Å². The molecule has 0 amide bonds. The van der Waals surface area contributed by atoms with Crippen molar-refractivity contribution in [3.05, 3.63) is 39.5 Å². The Morgan fingerprint density at radius 1 is 1.43 bits per heavy atom. The third kappa shape index (κ3) is 3.09. The topological polar surface area (TPSA) is 61.0 Å². The number of rotatable bonds is 3. The molecule has 2 aromatic rings. The van der Waals surface area contributed by atoms with Crippen LogP contribution in [0, 0.1) is 5.41 Å². The number of aromatic nitrogens is 2. The molecule has 1 unspecified atom stereocenters. The minimum Gasteiger partial charge on any atom is -0.481 e. The first kappa shape index (κ1) is 14.5. The number of fused-ring (bicyclic) bond motifs is 1. The molecule has 1 aliphatic rings. The minimum absolute atomic E-state index is 0.129. The molecule has 1 atom stereocenters. The van der Waals surface area contributed by atoms with Gasteiger partial charge in [-0.15, -0.1) is 11.3 Å². The Morgan fingerprint density at radius 3 is 2.90 bits per heavy atom. The maximum Gasteiger partial charge on any atom is 0.212 e. The number of nitrogens with two attached hydrogens (primary N) is 1. The van der Waals surface area contributed by atoms with Crippen molar-refractivity contribution in [3.63, 3.8) is 0 Å². The molecule has 4 nitrogen and oxygen atoms in total. The summed E-state index contributed by atoms with van der Waals surface area (Å²) < 4.78 is 5.08. The zero-order chi connectivity index (χ0) is 15.0. The Morgan fingerprint density at radius 2 is 2.24 bits per heavy atom. The second kappa shape index (κ2) is 5.39. The Bertz CT molecular complexity index is 633. The summed E-state index contributed by atoms with van der Waals surface area (Å²) in [5.41, 5.74) is 8.90. The van der Waals surface area contributed by atoms with Gasteiger partial charge in [0, 0.05) is 29.6 Å². The molecular formula is C16H21N3OS. The van der Waals surface area contributed by atoms with Crippen LogP contribution in [0.2, 0.25) is 0 Å². The average Bonchev–Trinajstić information content (AvgIpc) is 2.81. The molecule has 2 N–H and O–H groups in total. The molecule has 0 aromatic carbocycles. The van der Waals surface area contributed by atoms with E-state index in [2.05, 4.69) is 18.8 Å². The van der Waals surface area contributed by atoms with Crippen LogP contribution in [0.1, 0.15) is 47.5 Å². The van der Waals surface area contributed by atoms with E-state index in [9.17, 15) is 0 Å². The Kier molecular flexibility index (Phi) is 3.71. The van der Waals surface area contributed by atoms with Gasteiger partial charge in [-0.05, 0) is 23.8 Å². The molecule has 0 radical (unpaired) electrons. The van der Waals surface area contributed by atoms with Gasteiger partial charge >= 0.3 is 0 Å². The summed E-state index contributed by atoms with van der Waals surface area (Å²) in [6, 6.07) is 4.05. The van der Waals surface area contributed by atoms with Crippen molar-refractivity contribution in [2.45, 2.75) is 39.2 Å². The summed E-state index contributed by atoms with van der Waals surface area (Å²) in [6.07, 6.45) is 4.71. The summed E-state index contributed by atoms with van der Waals surface area (Å²) in [4.78, 5) is 10.3. The number of hydrogen-bond donors (Lipinski definition) is 1. The number of thiazole rings is 1. The van der Waals surface area contributed by atoms with E-state index in [-0.39, 0.29) is 11.5 Å². The van der Waals surface area contributed by atoms with E-state index in [1.807, 2.05) is 18.3 Å². The number of ether oxygens (including phenoxy) is 1. The highest BCUT2D eigenvalue weighted by molar-refractivity contribution is 7.11. The van der Waals surface area contributed by atoms with Crippen LogP contribution in [0.15, 0.2) is 18.3 Å². The maximum atomic E-state index is 6.31. The van der Waals surface area contributed by atoms with Gasteiger partial charge in [0.15, 0.2) is 0 Å². The fourth-order valence-electron chi connectivity index (χ4n) is 2.93. The Balaban J connectivity index is 1.81. The lowest BCUT2D eigenvalue weighted by atomic mass is 9.77. The normalized spacial score (nSPS) is 20.1. The highest BCUT2D eigenvalue weighted by atomic mass is 32.1. The van der Waals surface area contributed by atoms with Gasteiger partial charge in [0.25, 0.3) is 0 Å². The lowest BCUT2D eigenvalue weighted by molar-refractivity contribution is 0.282. The minimum atomic E-state index is 0.129. The zero-order valence-corrected chi connectivity index (χ0v) is 13.5. The molecule has 3 rings (SSSR count). The van der Waals surface area contributed by atoms with Gasteiger partial charge in [0.05, 0.1) is 17.8 Å². The molecule has 0 saturated heterocycles. The molecule has 0 spiro atoms. The van der Waals surface area contributed by atoms with Crippen LogP contribution >= 0.6 is 11.3 Å². The van der Waals surface area contributed by atoms with Gasteiger partial charge in [-0.25, -0.2) is 9.97 Å². The van der Waals surface area contributed by atoms with Crippen LogP contribution in [0.5, 0.6) is 5.88 Å². The monoisotopic (exact) mass is 303 g/mol. The van der Waals surface area contributed by atoms with Gasteiger partial charge < -0.3 is 10.5 Å². The molecule has 2 aromatic heterocycles. The predicted octanol–water partition coefficient (Wildman–Crippen LogP) is 3.11. The molecule has 2 heterocycles. The molecule has 0 saturated carbocycles. The molecule has 5 heteroatoms. The second-order valence-corrected chi connectivity index (χ2v) is 7.57. The summed E-state index contributed by atoms with van der Waals surface area (Å²) in [6.45, 7) is 4.53. The first-order valence-electron chi connectivity index (χ1n) is 7.20. The van der Waals surface area contributed by atoms with Crippen molar-refractivity contribution in [2.75, 3.05) is 7.11 Å². The molecule has 21 heavy (non-hydrogen) atoms.